The Morgan fingerprint density at radius 2 is 1.00 bits per heavy atom. The van der Waals surface area contributed by atoms with Gasteiger partial charge in [0.15, 0.2) is 6.10 Å². The highest BCUT2D eigenvalue weighted by Crippen LogP contribution is 2.45. The summed E-state index contributed by atoms with van der Waals surface area (Å²) in [6.45, 7) is 12.7. The summed E-state index contributed by atoms with van der Waals surface area (Å²) in [4.78, 5) is 13.1. The summed E-state index contributed by atoms with van der Waals surface area (Å²) in [5.41, 5.74) is 0. The molecule has 45 heavy (non-hydrogen) atoms. The van der Waals surface area contributed by atoms with E-state index in [1.807, 2.05) is 97.1 Å². The quantitative estimate of drug-likeness (QED) is 0.119. The van der Waals surface area contributed by atoms with Crippen LogP contribution in [0.25, 0.3) is 0 Å². The molecule has 0 aromatic heterocycles. The van der Waals surface area contributed by atoms with Gasteiger partial charge in [-0.15, -0.1) is 0 Å². The summed E-state index contributed by atoms with van der Waals surface area (Å²) in [7, 11) is -6.35. The van der Waals surface area contributed by atoms with E-state index in [-0.39, 0.29) is 11.6 Å². The number of rotatable bonds is 9. The zero-order valence-electron chi connectivity index (χ0n) is 26.8. The molecular formula is C37H42ClFO4Si2. The van der Waals surface area contributed by atoms with E-state index in [0.29, 0.717) is 0 Å². The monoisotopic (exact) mass is 660 g/mol. The van der Waals surface area contributed by atoms with E-state index in [2.05, 4.69) is 65.8 Å². The molecule has 0 amide bonds. The number of carbonyl (C=O) groups is 1. The van der Waals surface area contributed by atoms with E-state index in [4.69, 9.17) is 25.2 Å². The fraction of sp³-hybridized carbons (Fsp3) is 0.324. The number of cyclic esters (lactones) is 1. The third-order valence-electron chi connectivity index (χ3n) is 8.83. The van der Waals surface area contributed by atoms with Crippen molar-refractivity contribution in [2.45, 2.75) is 69.0 Å². The van der Waals surface area contributed by atoms with Crippen LogP contribution in [0, 0.1) is 0 Å². The Morgan fingerprint density at radius 3 is 1.33 bits per heavy atom. The number of halogens is 2. The average molecular weight is 661 g/mol. The van der Waals surface area contributed by atoms with Gasteiger partial charge in [-0.1, -0.05) is 174 Å². The zero-order chi connectivity index (χ0) is 32.5. The van der Waals surface area contributed by atoms with Gasteiger partial charge in [0.2, 0.25) is 0 Å². The highest BCUT2D eigenvalue weighted by Gasteiger charge is 2.64. The molecule has 1 saturated heterocycles. The van der Waals surface area contributed by atoms with Crippen LogP contribution in [0.2, 0.25) is 10.1 Å². The summed E-state index contributed by atoms with van der Waals surface area (Å²) < 4.78 is 36.5. The van der Waals surface area contributed by atoms with Gasteiger partial charge >= 0.3 is 11.1 Å². The van der Waals surface area contributed by atoms with Gasteiger partial charge in [-0.25, -0.2) is 9.18 Å². The predicted molar refractivity (Wildman–Crippen MR) is 186 cm³/mol. The highest BCUT2D eigenvalue weighted by atomic mass is 35.5. The van der Waals surface area contributed by atoms with Crippen molar-refractivity contribution in [2.75, 3.05) is 6.61 Å². The molecule has 0 bridgehead atoms. The van der Waals surface area contributed by atoms with Crippen molar-refractivity contribution in [1.82, 2.24) is 0 Å². The van der Waals surface area contributed by atoms with Crippen LogP contribution in [0.4, 0.5) is 4.39 Å². The molecule has 236 valence electrons. The number of benzene rings is 4. The summed E-state index contributed by atoms with van der Waals surface area (Å²) in [6, 6.07) is 40.1. The third-order valence-corrected chi connectivity index (χ3v) is 19.2. The molecule has 0 N–H and O–H groups in total. The van der Waals surface area contributed by atoms with Gasteiger partial charge in [-0.3, -0.25) is 0 Å². The Kier molecular flexibility index (Phi) is 9.33. The number of esters is 1. The maximum atomic E-state index is 16.5. The highest BCUT2D eigenvalue weighted by molar-refractivity contribution is 7.00. The van der Waals surface area contributed by atoms with Crippen LogP contribution in [0.3, 0.4) is 0 Å². The van der Waals surface area contributed by atoms with E-state index in [9.17, 15) is 4.79 Å². The number of ether oxygens (including phenoxy) is 1. The summed E-state index contributed by atoms with van der Waals surface area (Å²) in [5, 5.41) is 0.319. The van der Waals surface area contributed by atoms with Crippen LogP contribution in [-0.4, -0.2) is 46.5 Å². The van der Waals surface area contributed by atoms with Crippen molar-refractivity contribution in [3.63, 3.8) is 0 Å². The van der Waals surface area contributed by atoms with Crippen LogP contribution < -0.4 is 20.7 Å². The Balaban J connectivity index is 1.63. The molecule has 0 radical (unpaired) electrons. The molecule has 1 heterocycles. The molecule has 3 atom stereocenters. The van der Waals surface area contributed by atoms with Crippen LogP contribution in [-0.2, 0) is 18.4 Å². The predicted octanol–water partition coefficient (Wildman–Crippen LogP) is 6.34. The van der Waals surface area contributed by atoms with Crippen molar-refractivity contribution >= 4 is 55.0 Å². The number of alkyl halides is 2. The first kappa shape index (κ1) is 33.3. The molecule has 4 nitrogen and oxygen atoms in total. The average Bonchev–Trinajstić information content (AvgIpc) is 3.23. The van der Waals surface area contributed by atoms with Crippen LogP contribution in [0.5, 0.6) is 0 Å². The van der Waals surface area contributed by atoms with Crippen LogP contribution >= 0.6 is 11.6 Å². The molecule has 0 saturated carbocycles. The molecular weight excluding hydrogens is 619 g/mol. The maximum absolute atomic E-state index is 16.5. The van der Waals surface area contributed by atoms with Gasteiger partial charge in [-0.05, 0) is 30.8 Å². The Morgan fingerprint density at radius 1 is 0.667 bits per heavy atom. The fourth-order valence-corrected chi connectivity index (χ4v) is 16.3. The summed E-state index contributed by atoms with van der Waals surface area (Å²) in [5.74, 6) is -1.15. The lowest BCUT2D eigenvalue weighted by molar-refractivity contribution is -0.147. The van der Waals surface area contributed by atoms with Crippen molar-refractivity contribution in [3.8, 4) is 0 Å². The van der Waals surface area contributed by atoms with E-state index < -0.39 is 45.0 Å². The molecule has 1 aliphatic heterocycles. The van der Waals surface area contributed by atoms with E-state index in [1.54, 1.807) is 0 Å². The lowest BCUT2D eigenvalue weighted by Crippen LogP contribution is -2.70. The Labute approximate surface area is 273 Å². The topological polar surface area (TPSA) is 44.8 Å². The standard InChI is InChI=1S/C37H42ClFO4Si2/c1-35(2,3)44(28-19-11-7-12-20-28,29-21-13-8-14-22-29)41-27-32-33(37(38,39)34(40)42-32)43-45(36(4,5)6,30-23-15-9-16-24-30)31-25-17-10-18-26-31/h7-26,32-33H,27H2,1-6H3/t32-,33?,37-/m1/s1. The van der Waals surface area contributed by atoms with Gasteiger partial charge in [0.1, 0.15) is 6.10 Å². The molecule has 4 aromatic rings. The first-order valence-electron chi connectivity index (χ1n) is 15.4. The van der Waals surface area contributed by atoms with Crippen LogP contribution in [0.1, 0.15) is 41.5 Å². The van der Waals surface area contributed by atoms with Gasteiger partial charge in [0.05, 0.1) is 6.61 Å². The lowest BCUT2D eigenvalue weighted by atomic mass is 10.2. The second-order valence-electron chi connectivity index (χ2n) is 13.7. The Bertz CT molecular complexity index is 1490. The summed E-state index contributed by atoms with van der Waals surface area (Å²) >= 11 is 6.50. The minimum Gasteiger partial charge on any atom is -0.454 e. The van der Waals surface area contributed by atoms with Gasteiger partial charge in [0.25, 0.3) is 16.6 Å². The van der Waals surface area contributed by atoms with Crippen molar-refractivity contribution in [2.24, 2.45) is 0 Å². The fourth-order valence-electron chi connectivity index (χ4n) is 6.75. The first-order valence-corrected chi connectivity index (χ1v) is 19.6. The summed E-state index contributed by atoms with van der Waals surface area (Å²) in [6.07, 6.45) is -2.50. The van der Waals surface area contributed by atoms with Gasteiger partial charge in [0, 0.05) is 0 Å². The van der Waals surface area contributed by atoms with E-state index in [1.165, 1.54) is 0 Å². The molecule has 0 aliphatic carbocycles. The van der Waals surface area contributed by atoms with E-state index in [0.717, 1.165) is 20.7 Å². The van der Waals surface area contributed by atoms with Crippen molar-refractivity contribution < 1.29 is 22.8 Å². The second-order valence-corrected chi connectivity index (χ2v) is 22.9. The second kappa shape index (κ2) is 12.6. The first-order chi connectivity index (χ1) is 21.2. The largest absolute Gasteiger partial charge is 0.454 e. The molecule has 8 heteroatoms. The molecule has 1 fully saturated rings. The smallest absolute Gasteiger partial charge is 0.363 e. The zero-order valence-corrected chi connectivity index (χ0v) is 29.6. The van der Waals surface area contributed by atoms with Crippen molar-refractivity contribution in [1.29, 1.82) is 0 Å². The SMILES string of the molecule is CC(C)(C)[Si](OC[C@H]1OC(=O)[C@@](F)(Cl)C1O[Si](c1ccccc1)(c1ccccc1)C(C)(C)C)(c1ccccc1)c1ccccc1. The Hall–Kier alpha value is -3.08. The lowest BCUT2D eigenvalue weighted by Gasteiger charge is -2.46. The molecule has 0 spiro atoms. The van der Waals surface area contributed by atoms with Gasteiger partial charge < -0.3 is 13.6 Å². The minimum absolute atomic E-state index is 0.0831. The molecule has 1 aliphatic rings. The number of hydrogen-bond donors (Lipinski definition) is 0. The molecule has 5 rings (SSSR count). The maximum Gasteiger partial charge on any atom is 0.363 e. The van der Waals surface area contributed by atoms with Gasteiger partial charge in [-0.2, -0.15) is 0 Å². The van der Waals surface area contributed by atoms with E-state index >= 15 is 4.39 Å². The van der Waals surface area contributed by atoms with Crippen LogP contribution in [0.15, 0.2) is 121 Å². The van der Waals surface area contributed by atoms with Crippen molar-refractivity contribution in [3.05, 3.63) is 121 Å². The minimum atomic E-state index is -3.31. The number of carbonyl (C=O) groups excluding carboxylic acids is 1. The third kappa shape index (κ3) is 5.97. The number of hydrogen-bond acceptors (Lipinski definition) is 4. The molecule has 1 unspecified atom stereocenters. The normalized spacial score (nSPS) is 21.0. The molecule has 4 aromatic carbocycles.